The Morgan fingerprint density at radius 3 is 2.56 bits per heavy atom. The van der Waals surface area contributed by atoms with Gasteiger partial charge in [0.15, 0.2) is 11.5 Å². The molecule has 0 unspecified atom stereocenters. The lowest BCUT2D eigenvalue weighted by Crippen LogP contribution is -2.29. The Bertz CT molecular complexity index is 1430. The molecule has 174 valence electrons. The molecule has 2 N–H and O–H groups in total. The summed E-state index contributed by atoms with van der Waals surface area (Å²) >= 11 is 3.69. The number of allylic oxidation sites excluding steroid dienone is 2. The molecule has 0 fully saturated rings. The second-order valence-corrected chi connectivity index (χ2v) is 11.1. The van der Waals surface area contributed by atoms with E-state index in [2.05, 4.69) is 38.1 Å². The molecule has 0 saturated carbocycles. The van der Waals surface area contributed by atoms with Crippen LogP contribution in [-0.4, -0.2) is 15.2 Å². The van der Waals surface area contributed by atoms with Crippen LogP contribution in [0.1, 0.15) is 29.5 Å². The number of hydrogen-bond acceptors (Lipinski definition) is 5. The number of sulfonamides is 1. The SMILES string of the molecule is O=S(=O)(Nc1ccc(F)cc1)c1ccc2c(c1)[C@H]1C=CC[C@H]1[C@@H](c1cc3c(cc1Br)OCO3)N2. The fourth-order valence-corrected chi connectivity index (χ4v) is 6.61. The predicted molar refractivity (Wildman–Crippen MR) is 130 cm³/mol. The summed E-state index contributed by atoms with van der Waals surface area (Å²) < 4.78 is 53.8. The van der Waals surface area contributed by atoms with Gasteiger partial charge < -0.3 is 14.8 Å². The van der Waals surface area contributed by atoms with Crippen LogP contribution in [0, 0.1) is 11.7 Å². The Labute approximate surface area is 205 Å². The van der Waals surface area contributed by atoms with E-state index >= 15 is 0 Å². The van der Waals surface area contributed by atoms with Gasteiger partial charge in [-0.25, -0.2) is 12.8 Å². The summed E-state index contributed by atoms with van der Waals surface area (Å²) in [5, 5.41) is 3.63. The molecule has 0 spiro atoms. The van der Waals surface area contributed by atoms with Gasteiger partial charge in [0.05, 0.1) is 10.9 Å². The summed E-state index contributed by atoms with van der Waals surface area (Å²) in [4.78, 5) is 0.166. The van der Waals surface area contributed by atoms with Crippen molar-refractivity contribution in [3.05, 3.63) is 88.2 Å². The van der Waals surface area contributed by atoms with E-state index in [1.807, 2.05) is 18.2 Å². The van der Waals surface area contributed by atoms with Gasteiger partial charge in [-0.1, -0.05) is 28.1 Å². The molecular formula is C25H20BrFN2O4S. The largest absolute Gasteiger partial charge is 0.454 e. The van der Waals surface area contributed by atoms with Crippen molar-refractivity contribution in [3.8, 4) is 11.5 Å². The Balaban J connectivity index is 1.35. The van der Waals surface area contributed by atoms with E-state index < -0.39 is 15.8 Å². The third-order valence-corrected chi connectivity index (χ3v) is 8.63. The molecule has 6 nitrogen and oxygen atoms in total. The summed E-state index contributed by atoms with van der Waals surface area (Å²) in [6.07, 6.45) is 5.17. The zero-order valence-corrected chi connectivity index (χ0v) is 20.2. The van der Waals surface area contributed by atoms with Gasteiger partial charge in [-0.2, -0.15) is 0 Å². The van der Waals surface area contributed by atoms with Gasteiger partial charge in [-0.05, 0) is 78.1 Å². The quantitative estimate of drug-likeness (QED) is 0.398. The highest BCUT2D eigenvalue weighted by Crippen LogP contribution is 2.52. The molecule has 1 aliphatic carbocycles. The maximum atomic E-state index is 13.2. The smallest absolute Gasteiger partial charge is 0.261 e. The molecule has 3 aromatic rings. The monoisotopic (exact) mass is 542 g/mol. The van der Waals surface area contributed by atoms with Crippen LogP contribution in [0.2, 0.25) is 0 Å². The maximum Gasteiger partial charge on any atom is 0.261 e. The van der Waals surface area contributed by atoms with Gasteiger partial charge in [0.2, 0.25) is 6.79 Å². The van der Waals surface area contributed by atoms with E-state index in [9.17, 15) is 12.8 Å². The van der Waals surface area contributed by atoms with Crippen LogP contribution < -0.4 is 19.5 Å². The van der Waals surface area contributed by atoms with Gasteiger partial charge in [-0.3, -0.25) is 4.72 Å². The molecule has 6 rings (SSSR count). The number of benzene rings is 3. The average Bonchev–Trinajstić information content (AvgIpc) is 3.48. The molecular weight excluding hydrogens is 523 g/mol. The number of hydrogen-bond donors (Lipinski definition) is 2. The molecule has 9 heteroatoms. The van der Waals surface area contributed by atoms with Gasteiger partial charge in [0, 0.05) is 21.8 Å². The Morgan fingerprint density at radius 1 is 1.00 bits per heavy atom. The molecule has 3 atom stereocenters. The number of fused-ring (bicyclic) bond motifs is 4. The van der Waals surface area contributed by atoms with Gasteiger partial charge in [0.1, 0.15) is 5.82 Å². The second kappa shape index (κ2) is 8.02. The second-order valence-electron chi connectivity index (χ2n) is 8.56. The molecule has 0 amide bonds. The lowest BCUT2D eigenvalue weighted by Gasteiger charge is -2.38. The van der Waals surface area contributed by atoms with E-state index in [4.69, 9.17) is 9.47 Å². The average molecular weight is 543 g/mol. The zero-order valence-electron chi connectivity index (χ0n) is 17.8. The van der Waals surface area contributed by atoms with Crippen molar-refractivity contribution in [3.63, 3.8) is 0 Å². The summed E-state index contributed by atoms with van der Waals surface area (Å²) in [6, 6.07) is 14.3. The molecule has 0 radical (unpaired) electrons. The third kappa shape index (κ3) is 3.63. The number of anilines is 2. The molecule has 2 aliphatic heterocycles. The Kier molecular flexibility index (Phi) is 5.07. The lowest BCUT2D eigenvalue weighted by molar-refractivity contribution is 0.174. The molecule has 34 heavy (non-hydrogen) atoms. The van der Waals surface area contributed by atoms with Crippen molar-refractivity contribution >= 4 is 37.3 Å². The normalized spacial score (nSPS) is 22.1. The van der Waals surface area contributed by atoms with Gasteiger partial charge in [0.25, 0.3) is 10.0 Å². The van der Waals surface area contributed by atoms with E-state index in [1.54, 1.807) is 12.1 Å². The topological polar surface area (TPSA) is 76.7 Å². The summed E-state index contributed by atoms with van der Waals surface area (Å²) in [5.41, 5.74) is 3.21. The minimum Gasteiger partial charge on any atom is -0.454 e. The number of nitrogens with one attached hydrogen (secondary N) is 2. The van der Waals surface area contributed by atoms with Crippen molar-refractivity contribution in [1.82, 2.24) is 0 Å². The third-order valence-electron chi connectivity index (χ3n) is 6.57. The van der Waals surface area contributed by atoms with Crippen LogP contribution >= 0.6 is 15.9 Å². The van der Waals surface area contributed by atoms with Crippen molar-refractivity contribution in [1.29, 1.82) is 0 Å². The Hall–Kier alpha value is -3.04. The zero-order chi connectivity index (χ0) is 23.4. The maximum absolute atomic E-state index is 13.2. The predicted octanol–water partition coefficient (Wildman–Crippen LogP) is 5.94. The van der Waals surface area contributed by atoms with Crippen LogP contribution in [0.25, 0.3) is 0 Å². The highest BCUT2D eigenvalue weighted by atomic mass is 79.9. The fourth-order valence-electron chi connectivity index (χ4n) is 4.95. The summed E-state index contributed by atoms with van der Waals surface area (Å²) in [7, 11) is -3.83. The minimum atomic E-state index is -3.83. The van der Waals surface area contributed by atoms with E-state index in [0.29, 0.717) is 5.69 Å². The number of rotatable bonds is 4. The van der Waals surface area contributed by atoms with Crippen LogP contribution in [0.4, 0.5) is 15.8 Å². The Morgan fingerprint density at radius 2 is 1.76 bits per heavy atom. The first-order chi connectivity index (χ1) is 16.4. The first kappa shape index (κ1) is 21.5. The minimum absolute atomic E-state index is 0.0103. The lowest BCUT2D eigenvalue weighted by atomic mass is 9.77. The van der Waals surface area contributed by atoms with E-state index in [0.717, 1.165) is 39.2 Å². The van der Waals surface area contributed by atoms with E-state index in [1.165, 1.54) is 24.3 Å². The van der Waals surface area contributed by atoms with E-state index in [-0.39, 0.29) is 29.6 Å². The van der Waals surface area contributed by atoms with Crippen LogP contribution in [0.3, 0.4) is 0 Å². The molecule has 3 aromatic carbocycles. The van der Waals surface area contributed by atoms with Crippen molar-refractivity contribution in [2.45, 2.75) is 23.3 Å². The summed E-state index contributed by atoms with van der Waals surface area (Å²) in [5.74, 6) is 1.30. The first-order valence-corrected chi connectivity index (χ1v) is 13.1. The fraction of sp³-hybridized carbons (Fsp3) is 0.200. The van der Waals surface area contributed by atoms with Crippen molar-refractivity contribution < 1.29 is 22.3 Å². The number of ether oxygens (including phenoxy) is 2. The molecule has 2 heterocycles. The van der Waals surface area contributed by atoms with Crippen LogP contribution in [-0.2, 0) is 10.0 Å². The molecule has 0 aromatic heterocycles. The van der Waals surface area contributed by atoms with Gasteiger partial charge >= 0.3 is 0 Å². The van der Waals surface area contributed by atoms with Gasteiger partial charge in [-0.15, -0.1) is 0 Å². The standard InChI is InChI=1S/C25H20BrFN2O4S/c26-21-12-24-23(32-13-33-24)11-20(21)25-18-3-1-2-17(18)19-10-16(8-9-22(19)28-25)34(30,31)29-15-6-4-14(27)5-7-15/h1-2,4-12,17-18,25,28-29H,3,13H2/t17-,18+,25-/m0/s1. The van der Waals surface area contributed by atoms with Crippen LogP contribution in [0.15, 0.2) is 76.1 Å². The van der Waals surface area contributed by atoms with Crippen molar-refractivity contribution in [2.24, 2.45) is 5.92 Å². The molecule has 0 bridgehead atoms. The first-order valence-electron chi connectivity index (χ1n) is 10.8. The highest BCUT2D eigenvalue weighted by Gasteiger charge is 2.39. The highest BCUT2D eigenvalue weighted by molar-refractivity contribution is 9.10. The molecule has 0 saturated heterocycles. The molecule has 3 aliphatic rings. The summed E-state index contributed by atoms with van der Waals surface area (Å²) in [6.45, 7) is 0.211. The number of halogens is 2. The van der Waals surface area contributed by atoms with Crippen LogP contribution in [0.5, 0.6) is 11.5 Å². The van der Waals surface area contributed by atoms with Crippen molar-refractivity contribution in [2.75, 3.05) is 16.8 Å².